The smallest absolute Gasteiger partial charge is 0.206 e. The maximum absolute atomic E-state index is 12.9. The zero-order chi connectivity index (χ0) is 22.7. The lowest BCUT2D eigenvalue weighted by atomic mass is 10.0. The first kappa shape index (κ1) is 22.1. The maximum Gasteiger partial charge on any atom is 0.206 e. The van der Waals surface area contributed by atoms with Crippen molar-refractivity contribution in [3.63, 3.8) is 0 Å². The average molecular weight is 483 g/mol. The lowest BCUT2D eigenvalue weighted by molar-refractivity contribution is 0.103. The number of benzene rings is 4. The van der Waals surface area contributed by atoms with Gasteiger partial charge in [0.2, 0.25) is 9.84 Å². The van der Waals surface area contributed by atoms with Gasteiger partial charge in [0, 0.05) is 15.6 Å². The summed E-state index contributed by atoms with van der Waals surface area (Å²) in [6.45, 7) is 0. The van der Waals surface area contributed by atoms with E-state index in [1.807, 2.05) is 0 Å². The van der Waals surface area contributed by atoms with Crippen molar-refractivity contribution in [1.29, 1.82) is 0 Å². The highest BCUT2D eigenvalue weighted by Crippen LogP contribution is 2.30. The van der Waals surface area contributed by atoms with E-state index in [1.165, 1.54) is 36.4 Å². The summed E-state index contributed by atoms with van der Waals surface area (Å²) in [5, 5.41) is 0.999. The van der Waals surface area contributed by atoms with E-state index >= 15 is 0 Å². The minimum atomic E-state index is -3.69. The van der Waals surface area contributed by atoms with Crippen LogP contribution in [-0.2, 0) is 9.84 Å². The number of ketones is 1. The molecule has 160 valence electrons. The summed E-state index contributed by atoms with van der Waals surface area (Å²) in [6.07, 6.45) is 0. The predicted octanol–water partition coefficient (Wildman–Crippen LogP) is 6.85. The minimum absolute atomic E-state index is 0.123. The molecule has 4 rings (SSSR count). The number of para-hydroxylation sites is 1. The van der Waals surface area contributed by atoms with Crippen LogP contribution in [0.15, 0.2) is 107 Å². The van der Waals surface area contributed by atoms with Gasteiger partial charge in [-0.1, -0.05) is 35.3 Å². The third-order valence-corrected chi connectivity index (χ3v) is 7.01. The molecule has 0 spiro atoms. The highest BCUT2D eigenvalue weighted by Gasteiger charge is 2.18. The average Bonchev–Trinajstić information content (AvgIpc) is 2.80. The molecular weight excluding hydrogens is 467 g/mol. The van der Waals surface area contributed by atoms with E-state index in [2.05, 4.69) is 0 Å². The molecule has 0 saturated heterocycles. The van der Waals surface area contributed by atoms with Crippen molar-refractivity contribution in [2.75, 3.05) is 0 Å². The number of carbonyl (C=O) groups is 1. The normalized spacial score (nSPS) is 11.2. The molecule has 0 atom stereocenters. The van der Waals surface area contributed by atoms with Crippen LogP contribution in [0.4, 0.5) is 0 Å². The Balaban J connectivity index is 1.59. The Morgan fingerprint density at radius 1 is 0.656 bits per heavy atom. The van der Waals surface area contributed by atoms with Crippen LogP contribution in [0, 0.1) is 0 Å². The van der Waals surface area contributed by atoms with Crippen LogP contribution >= 0.6 is 23.2 Å². The van der Waals surface area contributed by atoms with E-state index in [9.17, 15) is 13.2 Å². The van der Waals surface area contributed by atoms with Crippen molar-refractivity contribution in [1.82, 2.24) is 0 Å². The summed E-state index contributed by atoms with van der Waals surface area (Å²) >= 11 is 11.8. The molecule has 0 aliphatic heterocycles. The van der Waals surface area contributed by atoms with Gasteiger partial charge in [0.05, 0.1) is 15.4 Å². The Morgan fingerprint density at radius 2 is 1.16 bits per heavy atom. The van der Waals surface area contributed by atoms with Gasteiger partial charge in [-0.05, 0) is 84.9 Å². The molecule has 4 aromatic carbocycles. The van der Waals surface area contributed by atoms with E-state index in [1.54, 1.807) is 60.7 Å². The summed E-state index contributed by atoms with van der Waals surface area (Å²) in [5.74, 6) is 0.552. The van der Waals surface area contributed by atoms with Crippen molar-refractivity contribution in [2.45, 2.75) is 9.79 Å². The Bertz CT molecular complexity index is 1360. The first-order valence-corrected chi connectivity index (χ1v) is 11.8. The monoisotopic (exact) mass is 482 g/mol. The van der Waals surface area contributed by atoms with E-state index in [0.29, 0.717) is 32.7 Å². The van der Waals surface area contributed by atoms with Gasteiger partial charge in [-0.25, -0.2) is 8.42 Å². The maximum atomic E-state index is 12.9. The molecule has 0 aliphatic rings. The number of rotatable bonds is 6. The second kappa shape index (κ2) is 9.17. The fourth-order valence-electron chi connectivity index (χ4n) is 3.06. The highest BCUT2D eigenvalue weighted by molar-refractivity contribution is 7.91. The van der Waals surface area contributed by atoms with Gasteiger partial charge in [0.1, 0.15) is 11.5 Å². The molecule has 0 radical (unpaired) electrons. The Labute approximate surface area is 195 Å². The zero-order valence-corrected chi connectivity index (χ0v) is 18.9. The van der Waals surface area contributed by atoms with Gasteiger partial charge in [-0.15, -0.1) is 0 Å². The first-order valence-electron chi connectivity index (χ1n) is 9.52. The first-order chi connectivity index (χ1) is 15.3. The number of carbonyl (C=O) groups excluding carboxylic acids is 1. The lowest BCUT2D eigenvalue weighted by Gasteiger charge is -2.11. The van der Waals surface area contributed by atoms with Crippen molar-refractivity contribution in [2.24, 2.45) is 0 Å². The lowest BCUT2D eigenvalue weighted by Crippen LogP contribution is -2.04. The number of hydrogen-bond donors (Lipinski definition) is 0. The van der Waals surface area contributed by atoms with E-state index in [-0.39, 0.29) is 15.6 Å². The summed E-state index contributed by atoms with van der Waals surface area (Å²) < 4.78 is 31.5. The number of hydrogen-bond acceptors (Lipinski definition) is 4. The minimum Gasteiger partial charge on any atom is -0.457 e. The molecule has 0 N–H and O–H groups in total. The van der Waals surface area contributed by atoms with Gasteiger partial charge >= 0.3 is 0 Å². The molecular formula is C25H16Cl2O4S. The fourth-order valence-corrected chi connectivity index (χ4v) is 4.58. The third-order valence-electron chi connectivity index (χ3n) is 4.72. The molecule has 0 aliphatic carbocycles. The molecule has 0 bridgehead atoms. The van der Waals surface area contributed by atoms with Crippen LogP contribution < -0.4 is 4.74 Å². The molecule has 7 heteroatoms. The van der Waals surface area contributed by atoms with Crippen LogP contribution in [0.5, 0.6) is 11.5 Å². The molecule has 0 saturated carbocycles. The van der Waals surface area contributed by atoms with Crippen molar-refractivity contribution < 1.29 is 17.9 Å². The fraction of sp³-hybridized carbons (Fsp3) is 0. The van der Waals surface area contributed by atoms with Gasteiger partial charge in [-0.2, -0.15) is 0 Å². The van der Waals surface area contributed by atoms with Gasteiger partial charge in [0.25, 0.3) is 0 Å². The number of halogens is 2. The quantitative estimate of drug-likeness (QED) is 0.282. The molecule has 0 amide bonds. The van der Waals surface area contributed by atoms with Crippen LogP contribution in [0.25, 0.3) is 0 Å². The van der Waals surface area contributed by atoms with E-state index in [4.69, 9.17) is 27.9 Å². The molecule has 0 aromatic heterocycles. The predicted molar refractivity (Wildman–Crippen MR) is 125 cm³/mol. The molecule has 0 unspecified atom stereocenters. The topological polar surface area (TPSA) is 60.4 Å². The molecule has 0 heterocycles. The molecule has 32 heavy (non-hydrogen) atoms. The summed E-state index contributed by atoms with van der Waals surface area (Å²) in [4.78, 5) is 13.2. The van der Waals surface area contributed by atoms with Crippen LogP contribution in [0.1, 0.15) is 15.9 Å². The molecule has 4 aromatic rings. The SMILES string of the molecule is O=C(c1ccc(Cl)cc1)c1ccccc1Oc1ccc(S(=O)(=O)c2ccc(Cl)cc2)cc1. The van der Waals surface area contributed by atoms with Crippen LogP contribution in [0.2, 0.25) is 10.0 Å². The van der Waals surface area contributed by atoms with Crippen molar-refractivity contribution in [3.05, 3.63) is 118 Å². The van der Waals surface area contributed by atoms with Gasteiger partial charge in [0.15, 0.2) is 5.78 Å². The van der Waals surface area contributed by atoms with Crippen molar-refractivity contribution >= 4 is 38.8 Å². The Hall–Kier alpha value is -3.12. The van der Waals surface area contributed by atoms with Crippen LogP contribution in [0.3, 0.4) is 0 Å². The van der Waals surface area contributed by atoms with Gasteiger partial charge in [-0.3, -0.25) is 4.79 Å². The summed E-state index contributed by atoms with van der Waals surface area (Å²) in [6, 6.07) is 25.5. The molecule has 4 nitrogen and oxygen atoms in total. The highest BCUT2D eigenvalue weighted by atomic mass is 35.5. The summed E-state index contributed by atoms with van der Waals surface area (Å²) in [7, 11) is -3.69. The Morgan fingerprint density at radius 3 is 1.75 bits per heavy atom. The zero-order valence-electron chi connectivity index (χ0n) is 16.5. The Kier molecular flexibility index (Phi) is 6.33. The van der Waals surface area contributed by atoms with Gasteiger partial charge < -0.3 is 4.74 Å². The second-order valence-electron chi connectivity index (χ2n) is 6.86. The number of sulfone groups is 1. The van der Waals surface area contributed by atoms with Crippen LogP contribution in [-0.4, -0.2) is 14.2 Å². The van der Waals surface area contributed by atoms with E-state index in [0.717, 1.165) is 0 Å². The second-order valence-corrected chi connectivity index (χ2v) is 9.69. The van der Waals surface area contributed by atoms with Crippen molar-refractivity contribution in [3.8, 4) is 11.5 Å². The summed E-state index contributed by atoms with van der Waals surface area (Å²) in [5.41, 5.74) is 0.863. The largest absolute Gasteiger partial charge is 0.457 e. The van der Waals surface area contributed by atoms with E-state index < -0.39 is 9.84 Å². The molecule has 0 fully saturated rings. The standard InChI is InChI=1S/C25H16Cl2O4S/c26-18-7-5-17(6-8-18)25(28)23-3-1-2-4-24(23)31-20-11-15-22(16-12-20)32(29,30)21-13-9-19(27)10-14-21/h1-16H. The third kappa shape index (κ3) is 4.70. The number of ether oxygens (including phenoxy) is 1.